The minimum absolute atomic E-state index is 0.919. The van der Waals surface area contributed by atoms with Gasteiger partial charge in [-0.25, -0.2) is 4.98 Å². The second-order valence-electron chi connectivity index (χ2n) is 6.80. The number of hydrogen-bond acceptors (Lipinski definition) is 4. The first-order valence-electron chi connectivity index (χ1n) is 9.04. The molecule has 25 heavy (non-hydrogen) atoms. The molecule has 5 heteroatoms. The van der Waals surface area contributed by atoms with Crippen molar-refractivity contribution in [1.82, 2.24) is 24.3 Å². The summed E-state index contributed by atoms with van der Waals surface area (Å²) >= 11 is 0. The Bertz CT molecular complexity index is 826. The third-order valence-corrected chi connectivity index (χ3v) is 5.04. The summed E-state index contributed by atoms with van der Waals surface area (Å²) in [5, 5.41) is 0. The maximum Gasteiger partial charge on any atom is 0.123 e. The van der Waals surface area contributed by atoms with Crippen molar-refractivity contribution in [1.29, 1.82) is 0 Å². The predicted molar refractivity (Wildman–Crippen MR) is 100 cm³/mol. The standard InChI is InChI=1S/C20H25N5/c1-23-19-9-3-2-8-18(19)22-20(23)16-25-12-6-11-24(13-14-25)15-17-7-4-5-10-21-17/h2-5,7-10H,6,11-16H2,1H3. The summed E-state index contributed by atoms with van der Waals surface area (Å²) in [6, 6.07) is 14.5. The smallest absolute Gasteiger partial charge is 0.123 e. The summed E-state index contributed by atoms with van der Waals surface area (Å²) in [5.41, 5.74) is 3.46. The van der Waals surface area contributed by atoms with Crippen LogP contribution in [0.15, 0.2) is 48.7 Å². The molecule has 1 aromatic carbocycles. The summed E-state index contributed by atoms with van der Waals surface area (Å²) in [6.07, 6.45) is 3.07. The minimum Gasteiger partial charge on any atom is -0.330 e. The first-order chi connectivity index (χ1) is 12.3. The lowest BCUT2D eigenvalue weighted by Crippen LogP contribution is -2.31. The van der Waals surface area contributed by atoms with Crippen LogP contribution < -0.4 is 0 Å². The van der Waals surface area contributed by atoms with Crippen molar-refractivity contribution >= 4 is 11.0 Å². The lowest BCUT2D eigenvalue weighted by molar-refractivity contribution is 0.241. The summed E-state index contributed by atoms with van der Waals surface area (Å²) in [4.78, 5) is 14.3. The van der Waals surface area contributed by atoms with Gasteiger partial charge >= 0.3 is 0 Å². The fourth-order valence-electron chi connectivity index (χ4n) is 3.60. The number of rotatable bonds is 4. The number of fused-ring (bicyclic) bond motifs is 1. The monoisotopic (exact) mass is 335 g/mol. The van der Waals surface area contributed by atoms with E-state index in [2.05, 4.69) is 62.8 Å². The molecule has 5 nitrogen and oxygen atoms in total. The molecule has 1 aliphatic heterocycles. The molecule has 1 saturated heterocycles. The number of aryl methyl sites for hydroxylation is 1. The van der Waals surface area contributed by atoms with E-state index in [4.69, 9.17) is 4.98 Å². The molecule has 0 unspecified atom stereocenters. The van der Waals surface area contributed by atoms with E-state index in [9.17, 15) is 0 Å². The highest BCUT2D eigenvalue weighted by Gasteiger charge is 2.17. The number of aromatic nitrogens is 3. The van der Waals surface area contributed by atoms with Crippen molar-refractivity contribution in [2.45, 2.75) is 19.5 Å². The van der Waals surface area contributed by atoms with Crippen LogP contribution in [-0.2, 0) is 20.1 Å². The Balaban J connectivity index is 1.40. The van der Waals surface area contributed by atoms with Crippen molar-refractivity contribution in [2.24, 2.45) is 7.05 Å². The molecule has 0 saturated carbocycles. The highest BCUT2D eigenvalue weighted by Crippen LogP contribution is 2.16. The van der Waals surface area contributed by atoms with Gasteiger partial charge < -0.3 is 4.57 Å². The fourth-order valence-corrected chi connectivity index (χ4v) is 3.60. The third-order valence-electron chi connectivity index (χ3n) is 5.04. The Labute approximate surface area is 148 Å². The number of benzene rings is 1. The van der Waals surface area contributed by atoms with E-state index in [-0.39, 0.29) is 0 Å². The van der Waals surface area contributed by atoms with Gasteiger partial charge in [0.15, 0.2) is 0 Å². The van der Waals surface area contributed by atoms with Crippen LogP contribution in [0.2, 0.25) is 0 Å². The van der Waals surface area contributed by atoms with Crippen molar-refractivity contribution in [3.63, 3.8) is 0 Å². The molecule has 4 rings (SSSR count). The second kappa shape index (κ2) is 7.33. The van der Waals surface area contributed by atoms with Crippen molar-refractivity contribution in [3.8, 4) is 0 Å². The molecule has 0 aliphatic carbocycles. The maximum atomic E-state index is 4.82. The van der Waals surface area contributed by atoms with Crippen molar-refractivity contribution in [2.75, 3.05) is 26.2 Å². The lowest BCUT2D eigenvalue weighted by Gasteiger charge is -2.21. The van der Waals surface area contributed by atoms with Gasteiger partial charge in [-0.05, 0) is 43.8 Å². The van der Waals surface area contributed by atoms with Gasteiger partial charge in [0.1, 0.15) is 5.82 Å². The molecule has 3 aromatic rings. The summed E-state index contributed by atoms with van der Waals surface area (Å²) in [6.45, 7) is 6.29. The summed E-state index contributed by atoms with van der Waals surface area (Å²) in [7, 11) is 2.12. The van der Waals surface area contributed by atoms with Crippen LogP contribution in [0.5, 0.6) is 0 Å². The SMILES string of the molecule is Cn1c(CN2CCCN(Cc3ccccn3)CC2)nc2ccccc21. The second-order valence-corrected chi connectivity index (χ2v) is 6.80. The molecule has 0 spiro atoms. The Hall–Kier alpha value is -2.24. The largest absolute Gasteiger partial charge is 0.330 e. The van der Waals surface area contributed by atoms with Crippen LogP contribution in [0.1, 0.15) is 17.9 Å². The van der Waals surface area contributed by atoms with Crippen LogP contribution in [0.4, 0.5) is 0 Å². The highest BCUT2D eigenvalue weighted by atomic mass is 15.2. The number of para-hydroxylation sites is 2. The van der Waals surface area contributed by atoms with E-state index in [0.29, 0.717) is 0 Å². The normalized spacial score (nSPS) is 17.0. The quantitative estimate of drug-likeness (QED) is 0.735. The van der Waals surface area contributed by atoms with E-state index < -0.39 is 0 Å². The average molecular weight is 335 g/mol. The van der Waals surface area contributed by atoms with Crippen LogP contribution in [0.25, 0.3) is 11.0 Å². The molecule has 1 aliphatic rings. The molecule has 3 heterocycles. The number of pyridine rings is 1. The van der Waals surface area contributed by atoms with Gasteiger partial charge in [0.25, 0.3) is 0 Å². The van der Waals surface area contributed by atoms with E-state index in [1.54, 1.807) is 0 Å². The van der Waals surface area contributed by atoms with Gasteiger partial charge in [0.2, 0.25) is 0 Å². The lowest BCUT2D eigenvalue weighted by atomic mass is 10.3. The topological polar surface area (TPSA) is 37.2 Å². The molecule has 0 radical (unpaired) electrons. The zero-order valence-corrected chi connectivity index (χ0v) is 14.8. The predicted octanol–water partition coefficient (Wildman–Crippen LogP) is 2.68. The molecular weight excluding hydrogens is 310 g/mol. The van der Waals surface area contributed by atoms with Gasteiger partial charge in [0.05, 0.1) is 23.3 Å². The fraction of sp³-hybridized carbons (Fsp3) is 0.400. The average Bonchev–Trinajstić information content (AvgIpc) is 2.80. The Morgan fingerprint density at radius 1 is 0.880 bits per heavy atom. The highest BCUT2D eigenvalue weighted by molar-refractivity contribution is 5.75. The maximum absolute atomic E-state index is 4.82. The van der Waals surface area contributed by atoms with Crippen molar-refractivity contribution in [3.05, 3.63) is 60.2 Å². The third kappa shape index (κ3) is 3.72. The molecule has 2 aromatic heterocycles. The van der Waals surface area contributed by atoms with Crippen LogP contribution in [0.3, 0.4) is 0 Å². The van der Waals surface area contributed by atoms with Gasteiger partial charge in [-0.15, -0.1) is 0 Å². The van der Waals surface area contributed by atoms with E-state index >= 15 is 0 Å². The number of hydrogen-bond donors (Lipinski definition) is 0. The molecule has 1 fully saturated rings. The van der Waals surface area contributed by atoms with E-state index in [1.165, 1.54) is 11.9 Å². The first kappa shape index (κ1) is 16.2. The van der Waals surface area contributed by atoms with Gasteiger partial charge in [0, 0.05) is 32.9 Å². The molecule has 0 amide bonds. The zero-order chi connectivity index (χ0) is 17.1. The summed E-state index contributed by atoms with van der Waals surface area (Å²) < 4.78 is 2.23. The van der Waals surface area contributed by atoms with Crippen molar-refractivity contribution < 1.29 is 0 Å². The van der Waals surface area contributed by atoms with Gasteiger partial charge in [-0.1, -0.05) is 18.2 Å². The van der Waals surface area contributed by atoms with Crippen LogP contribution >= 0.6 is 0 Å². The molecule has 0 bridgehead atoms. The Morgan fingerprint density at radius 2 is 1.64 bits per heavy atom. The first-order valence-corrected chi connectivity index (χ1v) is 9.04. The zero-order valence-electron chi connectivity index (χ0n) is 14.8. The number of nitrogens with zero attached hydrogens (tertiary/aromatic N) is 5. The molecule has 0 atom stereocenters. The van der Waals surface area contributed by atoms with Gasteiger partial charge in [-0.3, -0.25) is 14.8 Å². The van der Waals surface area contributed by atoms with Crippen LogP contribution in [-0.4, -0.2) is 50.5 Å². The van der Waals surface area contributed by atoms with E-state index in [1.807, 2.05) is 12.3 Å². The molecular formula is C20H25N5. The van der Waals surface area contributed by atoms with E-state index in [0.717, 1.165) is 56.3 Å². The summed E-state index contributed by atoms with van der Waals surface area (Å²) in [5.74, 6) is 1.15. The van der Waals surface area contributed by atoms with Crippen LogP contribution in [0, 0.1) is 0 Å². The minimum atomic E-state index is 0.919. The Morgan fingerprint density at radius 3 is 2.40 bits per heavy atom. The molecule has 0 N–H and O–H groups in total. The Kier molecular flexibility index (Phi) is 4.76. The van der Waals surface area contributed by atoms with Gasteiger partial charge in [-0.2, -0.15) is 0 Å². The molecule has 130 valence electrons. The number of imidazole rings is 1.